The van der Waals surface area contributed by atoms with Crippen LogP contribution in [0.4, 0.5) is 4.39 Å². The predicted octanol–water partition coefficient (Wildman–Crippen LogP) is 2.47. The zero-order valence-electron chi connectivity index (χ0n) is 12.7. The van der Waals surface area contributed by atoms with Crippen molar-refractivity contribution in [3.63, 3.8) is 0 Å². The van der Waals surface area contributed by atoms with Crippen LogP contribution in [0.2, 0.25) is 0 Å². The molecule has 6 heteroatoms. The summed E-state index contributed by atoms with van der Waals surface area (Å²) in [4.78, 5) is 14.4. The molecule has 0 radical (unpaired) electrons. The molecule has 5 nitrogen and oxygen atoms in total. The Balaban J connectivity index is 1.44. The van der Waals surface area contributed by atoms with Crippen LogP contribution in [0.1, 0.15) is 29.0 Å². The molecule has 0 N–H and O–H groups in total. The van der Waals surface area contributed by atoms with Crippen LogP contribution in [0.5, 0.6) is 5.75 Å². The number of amides is 1. The molecule has 1 fully saturated rings. The number of aromatic nitrogens is 2. The van der Waals surface area contributed by atoms with E-state index in [1.165, 1.54) is 25.0 Å². The van der Waals surface area contributed by atoms with Crippen LogP contribution >= 0.6 is 0 Å². The van der Waals surface area contributed by atoms with Crippen molar-refractivity contribution in [3.8, 4) is 5.75 Å². The number of ether oxygens (including phenoxy) is 1. The number of benzene rings is 1. The lowest BCUT2D eigenvalue weighted by atomic mass is 10.2. The van der Waals surface area contributed by atoms with Crippen LogP contribution in [0.25, 0.3) is 0 Å². The molecule has 0 atom stereocenters. The summed E-state index contributed by atoms with van der Waals surface area (Å²) in [6, 6.07) is 7.78. The van der Waals surface area contributed by atoms with Gasteiger partial charge in [0.05, 0.1) is 6.54 Å². The van der Waals surface area contributed by atoms with E-state index in [1.807, 2.05) is 4.90 Å². The fraction of sp³-hybridized carbons (Fsp3) is 0.412. The van der Waals surface area contributed by atoms with Crippen LogP contribution in [0.15, 0.2) is 30.3 Å². The molecule has 1 amide bonds. The molecule has 1 aliphatic heterocycles. The Labute approximate surface area is 133 Å². The maximum absolute atomic E-state index is 13.1. The van der Waals surface area contributed by atoms with Crippen LogP contribution in [0, 0.1) is 11.7 Å². The van der Waals surface area contributed by atoms with Crippen LogP contribution < -0.4 is 4.74 Å². The molecule has 0 unspecified atom stereocenters. The molecule has 2 heterocycles. The molecule has 23 heavy (non-hydrogen) atoms. The molecule has 0 saturated heterocycles. The monoisotopic (exact) mass is 315 g/mol. The minimum atomic E-state index is -0.336. The first-order valence-electron chi connectivity index (χ1n) is 7.93. The topological polar surface area (TPSA) is 47.4 Å². The van der Waals surface area contributed by atoms with E-state index in [4.69, 9.17) is 4.74 Å². The van der Waals surface area contributed by atoms with Crippen molar-refractivity contribution >= 4 is 5.91 Å². The Kier molecular flexibility index (Phi) is 3.52. The second-order valence-corrected chi connectivity index (χ2v) is 6.18. The van der Waals surface area contributed by atoms with Gasteiger partial charge in [0.15, 0.2) is 0 Å². The summed E-state index contributed by atoms with van der Waals surface area (Å²) >= 11 is 0. The van der Waals surface area contributed by atoms with E-state index in [1.54, 1.807) is 22.9 Å². The van der Waals surface area contributed by atoms with Crippen molar-refractivity contribution in [2.75, 3.05) is 13.1 Å². The summed E-state index contributed by atoms with van der Waals surface area (Å²) in [7, 11) is 0. The van der Waals surface area contributed by atoms with Gasteiger partial charge in [-0.25, -0.2) is 4.39 Å². The molecule has 0 spiro atoms. The molecule has 1 aliphatic carbocycles. The molecule has 1 aromatic carbocycles. The highest BCUT2D eigenvalue weighted by Crippen LogP contribution is 2.30. The largest absolute Gasteiger partial charge is 0.487 e. The maximum Gasteiger partial charge on any atom is 0.272 e. The predicted molar refractivity (Wildman–Crippen MR) is 81.6 cm³/mol. The second-order valence-electron chi connectivity index (χ2n) is 6.18. The van der Waals surface area contributed by atoms with Crippen LogP contribution in [-0.4, -0.2) is 33.7 Å². The van der Waals surface area contributed by atoms with E-state index < -0.39 is 0 Å². The fourth-order valence-corrected chi connectivity index (χ4v) is 2.86. The number of fused-ring (bicyclic) bond motifs is 1. The second kappa shape index (κ2) is 5.68. The molecule has 2 aliphatic rings. The summed E-state index contributed by atoms with van der Waals surface area (Å²) in [5, 5.41) is 4.42. The van der Waals surface area contributed by atoms with E-state index in [0.717, 1.165) is 6.54 Å². The van der Waals surface area contributed by atoms with Crippen molar-refractivity contribution in [2.45, 2.75) is 26.0 Å². The van der Waals surface area contributed by atoms with Gasteiger partial charge in [-0.05, 0) is 37.0 Å². The normalized spacial score (nSPS) is 17.3. The minimum Gasteiger partial charge on any atom is -0.487 e. The highest BCUT2D eigenvalue weighted by molar-refractivity contribution is 5.93. The van der Waals surface area contributed by atoms with Gasteiger partial charge in [-0.3, -0.25) is 9.48 Å². The third kappa shape index (κ3) is 3.06. The third-order valence-corrected chi connectivity index (χ3v) is 4.28. The lowest BCUT2D eigenvalue weighted by Gasteiger charge is -2.27. The Morgan fingerprint density at radius 3 is 2.91 bits per heavy atom. The van der Waals surface area contributed by atoms with Gasteiger partial charge >= 0.3 is 0 Å². The SMILES string of the molecule is O=C1c2cc(COc3cccc(F)c3)nn2CCN1CC1CC1. The fourth-order valence-electron chi connectivity index (χ4n) is 2.86. The standard InChI is InChI=1S/C17H18FN3O2/c18-13-2-1-3-15(8-13)23-11-14-9-16-17(22)20(10-12-4-5-12)6-7-21(16)19-14/h1-3,8-9,12H,4-7,10-11H2. The van der Waals surface area contributed by atoms with Gasteiger partial charge in [0.2, 0.25) is 0 Å². The van der Waals surface area contributed by atoms with Crippen LogP contribution in [0.3, 0.4) is 0 Å². The number of nitrogens with zero attached hydrogens (tertiary/aromatic N) is 3. The maximum atomic E-state index is 13.1. The van der Waals surface area contributed by atoms with Gasteiger partial charge in [0.1, 0.15) is 29.6 Å². The number of rotatable bonds is 5. The average molecular weight is 315 g/mol. The molecule has 1 aromatic heterocycles. The summed E-state index contributed by atoms with van der Waals surface area (Å²) in [5.41, 5.74) is 1.31. The Bertz CT molecular complexity index is 739. The number of halogens is 1. The highest BCUT2D eigenvalue weighted by atomic mass is 19.1. The zero-order valence-corrected chi connectivity index (χ0v) is 12.7. The number of hydrogen-bond acceptors (Lipinski definition) is 3. The molecular weight excluding hydrogens is 297 g/mol. The van der Waals surface area contributed by atoms with Gasteiger partial charge in [-0.15, -0.1) is 0 Å². The average Bonchev–Trinajstić information content (AvgIpc) is 3.25. The molecule has 0 bridgehead atoms. The zero-order chi connectivity index (χ0) is 15.8. The smallest absolute Gasteiger partial charge is 0.272 e. The quantitative estimate of drug-likeness (QED) is 0.851. The van der Waals surface area contributed by atoms with Crippen LogP contribution in [-0.2, 0) is 13.2 Å². The first-order chi connectivity index (χ1) is 11.2. The van der Waals surface area contributed by atoms with E-state index >= 15 is 0 Å². The van der Waals surface area contributed by atoms with E-state index in [9.17, 15) is 9.18 Å². The summed E-state index contributed by atoms with van der Waals surface area (Å²) in [6.07, 6.45) is 2.46. The minimum absolute atomic E-state index is 0.0488. The van der Waals surface area contributed by atoms with Gasteiger partial charge in [-0.2, -0.15) is 5.10 Å². The summed E-state index contributed by atoms with van der Waals surface area (Å²) in [6.45, 7) is 2.51. The first-order valence-corrected chi connectivity index (χ1v) is 7.93. The summed E-state index contributed by atoms with van der Waals surface area (Å²) < 4.78 is 20.4. The highest BCUT2D eigenvalue weighted by Gasteiger charge is 2.31. The molecule has 2 aromatic rings. The number of carbonyl (C=O) groups is 1. The van der Waals surface area contributed by atoms with Crippen molar-refractivity contribution < 1.29 is 13.9 Å². The molecular formula is C17H18FN3O2. The van der Waals surface area contributed by atoms with Crippen molar-refractivity contribution in [1.29, 1.82) is 0 Å². The lowest BCUT2D eigenvalue weighted by Crippen LogP contribution is -2.41. The number of hydrogen-bond donors (Lipinski definition) is 0. The van der Waals surface area contributed by atoms with Crippen molar-refractivity contribution in [1.82, 2.24) is 14.7 Å². The third-order valence-electron chi connectivity index (χ3n) is 4.28. The van der Waals surface area contributed by atoms with E-state index in [2.05, 4.69) is 5.10 Å². The van der Waals surface area contributed by atoms with E-state index in [0.29, 0.717) is 36.1 Å². The Morgan fingerprint density at radius 1 is 1.26 bits per heavy atom. The first kappa shape index (κ1) is 14.2. The molecule has 120 valence electrons. The lowest BCUT2D eigenvalue weighted by molar-refractivity contribution is 0.0689. The molecule has 1 saturated carbocycles. The summed E-state index contributed by atoms with van der Waals surface area (Å²) in [5.74, 6) is 0.854. The van der Waals surface area contributed by atoms with Crippen molar-refractivity contribution in [3.05, 3.63) is 47.5 Å². The van der Waals surface area contributed by atoms with Gasteiger partial charge in [0, 0.05) is 19.2 Å². The van der Waals surface area contributed by atoms with Gasteiger partial charge < -0.3 is 9.64 Å². The Hall–Kier alpha value is -2.37. The van der Waals surface area contributed by atoms with Gasteiger partial charge in [-0.1, -0.05) is 6.07 Å². The van der Waals surface area contributed by atoms with Crippen molar-refractivity contribution in [2.24, 2.45) is 5.92 Å². The Morgan fingerprint density at radius 2 is 2.13 bits per heavy atom. The number of carbonyl (C=O) groups excluding carboxylic acids is 1. The molecule has 4 rings (SSSR count). The van der Waals surface area contributed by atoms with E-state index in [-0.39, 0.29) is 18.3 Å². The van der Waals surface area contributed by atoms with Gasteiger partial charge in [0.25, 0.3) is 5.91 Å².